The summed E-state index contributed by atoms with van der Waals surface area (Å²) in [5.74, 6) is 0. The molecule has 0 radical (unpaired) electrons. The lowest BCUT2D eigenvalue weighted by Gasteiger charge is -1.93. The van der Waals surface area contributed by atoms with Crippen molar-refractivity contribution in [2.24, 2.45) is 0 Å². The summed E-state index contributed by atoms with van der Waals surface area (Å²) in [5, 5.41) is 11.5. The molecule has 4 heteroatoms. The van der Waals surface area contributed by atoms with Crippen LogP contribution in [0.15, 0.2) is 23.3 Å². The predicted octanol–water partition coefficient (Wildman–Crippen LogP) is 1.06. The molecule has 0 saturated carbocycles. The molecule has 0 aliphatic heterocycles. The number of nitriles is 1. The van der Waals surface area contributed by atoms with Crippen LogP contribution in [0.1, 0.15) is 18.1 Å². The van der Waals surface area contributed by atoms with Gasteiger partial charge in [-0.3, -0.25) is 9.31 Å². The molecule has 2 aromatic rings. The minimum atomic E-state index is -0.217. The van der Waals surface area contributed by atoms with E-state index in [1.54, 1.807) is 10.6 Å². The summed E-state index contributed by atoms with van der Waals surface area (Å²) in [6.07, 6.45) is 4.16. The van der Waals surface area contributed by atoms with Gasteiger partial charge in [-0.25, -0.2) is 0 Å². The number of hydrogen-bond acceptors (Lipinski definition) is 2. The Morgan fingerprint density at radius 1 is 1.64 bits per heavy atom. The standard InChI is InChI=1S/C10H9N3O/c1-2-7-3-9-10(14)8(4-11)5-12-13(9)6-7/h3,5-6,12H,2H2,1H3. The lowest BCUT2D eigenvalue weighted by atomic mass is 10.2. The van der Waals surface area contributed by atoms with Gasteiger partial charge < -0.3 is 5.10 Å². The normalized spacial score (nSPS) is 10.3. The summed E-state index contributed by atoms with van der Waals surface area (Å²) in [6, 6.07) is 3.66. The minimum Gasteiger partial charge on any atom is -0.300 e. The molecule has 0 aromatic carbocycles. The van der Waals surface area contributed by atoms with E-state index >= 15 is 0 Å². The molecule has 0 atom stereocenters. The van der Waals surface area contributed by atoms with Crippen LogP contribution in [0.5, 0.6) is 0 Å². The van der Waals surface area contributed by atoms with Gasteiger partial charge in [-0.2, -0.15) is 5.26 Å². The van der Waals surface area contributed by atoms with Crippen molar-refractivity contribution < 1.29 is 0 Å². The number of nitrogens with zero attached hydrogens (tertiary/aromatic N) is 2. The van der Waals surface area contributed by atoms with Gasteiger partial charge in [-0.15, -0.1) is 0 Å². The van der Waals surface area contributed by atoms with E-state index in [-0.39, 0.29) is 11.0 Å². The summed E-state index contributed by atoms with van der Waals surface area (Å²) < 4.78 is 1.64. The van der Waals surface area contributed by atoms with Crippen molar-refractivity contribution in [2.75, 3.05) is 0 Å². The summed E-state index contributed by atoms with van der Waals surface area (Å²) >= 11 is 0. The zero-order chi connectivity index (χ0) is 10.1. The van der Waals surface area contributed by atoms with Gasteiger partial charge in [-0.1, -0.05) is 6.92 Å². The largest absolute Gasteiger partial charge is 0.300 e. The SMILES string of the molecule is CCc1cc2c(=O)c(C#N)c[nH]n2c1. The van der Waals surface area contributed by atoms with Crippen LogP contribution in [0.25, 0.3) is 5.52 Å². The molecule has 0 fully saturated rings. The smallest absolute Gasteiger partial charge is 0.223 e. The van der Waals surface area contributed by atoms with E-state index < -0.39 is 0 Å². The molecule has 2 rings (SSSR count). The maximum Gasteiger partial charge on any atom is 0.223 e. The third kappa shape index (κ3) is 1.11. The highest BCUT2D eigenvalue weighted by Gasteiger charge is 2.05. The van der Waals surface area contributed by atoms with E-state index in [0.717, 1.165) is 12.0 Å². The Morgan fingerprint density at radius 2 is 2.43 bits per heavy atom. The third-order valence-electron chi connectivity index (χ3n) is 2.23. The van der Waals surface area contributed by atoms with E-state index in [4.69, 9.17) is 5.26 Å². The van der Waals surface area contributed by atoms with Crippen molar-refractivity contribution in [1.82, 2.24) is 9.61 Å². The van der Waals surface area contributed by atoms with E-state index in [2.05, 4.69) is 5.10 Å². The molecule has 1 N–H and O–H groups in total. The van der Waals surface area contributed by atoms with Gasteiger partial charge >= 0.3 is 0 Å². The molecule has 0 aliphatic rings. The highest BCUT2D eigenvalue weighted by molar-refractivity contribution is 5.52. The number of fused-ring (bicyclic) bond motifs is 1. The molecule has 0 saturated heterocycles. The monoisotopic (exact) mass is 187 g/mol. The van der Waals surface area contributed by atoms with Gasteiger partial charge in [0.15, 0.2) is 0 Å². The fraction of sp³-hybridized carbons (Fsp3) is 0.200. The molecule has 70 valence electrons. The molecule has 0 unspecified atom stereocenters. The molecular weight excluding hydrogens is 178 g/mol. The van der Waals surface area contributed by atoms with Crippen molar-refractivity contribution in [3.63, 3.8) is 0 Å². The Bertz CT molecular complexity index is 571. The zero-order valence-corrected chi connectivity index (χ0v) is 7.74. The summed E-state index contributed by atoms with van der Waals surface area (Å²) in [7, 11) is 0. The molecule has 14 heavy (non-hydrogen) atoms. The average Bonchev–Trinajstić information content (AvgIpc) is 2.62. The first-order valence-electron chi connectivity index (χ1n) is 4.39. The number of rotatable bonds is 1. The second-order valence-corrected chi connectivity index (χ2v) is 3.09. The highest BCUT2D eigenvalue weighted by Crippen LogP contribution is 2.05. The maximum absolute atomic E-state index is 11.6. The van der Waals surface area contributed by atoms with E-state index in [1.165, 1.54) is 6.20 Å². The van der Waals surface area contributed by atoms with Crippen LogP contribution in [0.3, 0.4) is 0 Å². The Morgan fingerprint density at radius 3 is 3.07 bits per heavy atom. The predicted molar refractivity (Wildman–Crippen MR) is 52.1 cm³/mol. The topological polar surface area (TPSA) is 61.1 Å². The van der Waals surface area contributed by atoms with Crippen molar-refractivity contribution in [1.29, 1.82) is 5.26 Å². The van der Waals surface area contributed by atoms with Crippen LogP contribution in [0.2, 0.25) is 0 Å². The number of nitrogens with one attached hydrogen (secondary N) is 1. The summed E-state index contributed by atoms with van der Waals surface area (Å²) in [4.78, 5) is 11.6. The second kappa shape index (κ2) is 3.04. The number of hydrogen-bond donors (Lipinski definition) is 1. The third-order valence-corrected chi connectivity index (χ3v) is 2.23. The first-order chi connectivity index (χ1) is 6.76. The molecule has 0 aliphatic carbocycles. The van der Waals surface area contributed by atoms with E-state index in [1.807, 2.05) is 19.2 Å². The lowest BCUT2D eigenvalue weighted by Crippen LogP contribution is -2.10. The number of aryl methyl sites for hydroxylation is 1. The molecular formula is C10H9N3O. The maximum atomic E-state index is 11.6. The van der Waals surface area contributed by atoms with Crippen LogP contribution in [0, 0.1) is 11.3 Å². The van der Waals surface area contributed by atoms with Crippen LogP contribution in [-0.4, -0.2) is 9.61 Å². The molecule has 2 heterocycles. The highest BCUT2D eigenvalue weighted by atomic mass is 16.1. The number of H-pyrrole nitrogens is 1. The number of aromatic nitrogens is 2. The molecule has 2 aromatic heterocycles. The Labute approximate surface area is 80.4 Å². The summed E-state index contributed by atoms with van der Waals surface area (Å²) in [6.45, 7) is 2.02. The molecule has 0 bridgehead atoms. The quantitative estimate of drug-likeness (QED) is 0.725. The van der Waals surface area contributed by atoms with E-state index in [0.29, 0.717) is 5.52 Å². The van der Waals surface area contributed by atoms with Crippen LogP contribution in [0.4, 0.5) is 0 Å². The van der Waals surface area contributed by atoms with Gasteiger partial charge in [0.2, 0.25) is 5.43 Å². The Balaban J connectivity index is 2.84. The first-order valence-corrected chi connectivity index (χ1v) is 4.39. The average molecular weight is 187 g/mol. The van der Waals surface area contributed by atoms with Gasteiger partial charge in [0, 0.05) is 12.4 Å². The van der Waals surface area contributed by atoms with Crippen molar-refractivity contribution in [2.45, 2.75) is 13.3 Å². The molecule has 0 spiro atoms. The Kier molecular flexibility index (Phi) is 1.86. The fourth-order valence-corrected chi connectivity index (χ4v) is 1.41. The molecule has 0 amide bonds. The van der Waals surface area contributed by atoms with E-state index in [9.17, 15) is 4.79 Å². The number of aromatic amines is 1. The van der Waals surface area contributed by atoms with Gasteiger partial charge in [0.05, 0.1) is 0 Å². The second-order valence-electron chi connectivity index (χ2n) is 3.09. The Hall–Kier alpha value is -2.02. The van der Waals surface area contributed by atoms with Crippen molar-refractivity contribution in [3.05, 3.63) is 39.8 Å². The lowest BCUT2D eigenvalue weighted by molar-refractivity contribution is 0.922. The fourth-order valence-electron chi connectivity index (χ4n) is 1.41. The van der Waals surface area contributed by atoms with Gasteiger partial charge in [0.25, 0.3) is 0 Å². The van der Waals surface area contributed by atoms with Crippen LogP contribution >= 0.6 is 0 Å². The van der Waals surface area contributed by atoms with Gasteiger partial charge in [0.1, 0.15) is 17.1 Å². The van der Waals surface area contributed by atoms with Gasteiger partial charge in [-0.05, 0) is 18.1 Å². The van der Waals surface area contributed by atoms with Crippen molar-refractivity contribution in [3.8, 4) is 6.07 Å². The van der Waals surface area contributed by atoms with Crippen LogP contribution < -0.4 is 5.43 Å². The summed E-state index contributed by atoms with van der Waals surface area (Å²) in [5.41, 5.74) is 1.54. The van der Waals surface area contributed by atoms with Crippen LogP contribution in [-0.2, 0) is 6.42 Å². The first kappa shape index (κ1) is 8.57. The zero-order valence-electron chi connectivity index (χ0n) is 7.74. The van der Waals surface area contributed by atoms with Crippen molar-refractivity contribution >= 4 is 5.52 Å². The molecule has 4 nitrogen and oxygen atoms in total. The minimum absolute atomic E-state index is 0.151.